The summed E-state index contributed by atoms with van der Waals surface area (Å²) in [6.07, 6.45) is 1.98. The van der Waals surface area contributed by atoms with Crippen LogP contribution < -0.4 is 5.32 Å². The number of nitrogens with zero attached hydrogens (tertiary/aromatic N) is 1. The molecule has 1 aromatic rings. The average molecular weight is 408 g/mol. The van der Waals surface area contributed by atoms with Gasteiger partial charge in [0.2, 0.25) is 0 Å². The molecule has 0 aromatic heterocycles. The lowest BCUT2D eigenvalue weighted by molar-refractivity contribution is 0.0698. The summed E-state index contributed by atoms with van der Waals surface area (Å²) in [6.45, 7) is 1.95. The number of benzene rings is 1. The first-order chi connectivity index (χ1) is 9.36. The molecule has 20 heavy (non-hydrogen) atoms. The molecule has 1 atom stereocenters. The normalized spacial score (nSPS) is 11.8. The molecule has 0 radical (unpaired) electrons. The fourth-order valence-electron chi connectivity index (χ4n) is 1.56. The van der Waals surface area contributed by atoms with E-state index < -0.39 is 5.97 Å². The molecule has 0 spiro atoms. The zero-order valence-electron chi connectivity index (χ0n) is 11.5. The largest absolute Gasteiger partial charge is 0.478 e. The highest BCUT2D eigenvalue weighted by Crippen LogP contribution is 2.19. The molecule has 0 aliphatic rings. The highest BCUT2D eigenvalue weighted by Gasteiger charge is 2.18. The Hall–Kier alpha value is -0.960. The molecule has 0 aliphatic heterocycles. The first-order valence-corrected chi connectivity index (χ1v) is 8.39. The Kier molecular flexibility index (Phi) is 6.60. The van der Waals surface area contributed by atoms with Gasteiger partial charge in [-0.1, -0.05) is 0 Å². The third-order valence-electron chi connectivity index (χ3n) is 2.84. The summed E-state index contributed by atoms with van der Waals surface area (Å²) in [7, 11) is 1.70. The van der Waals surface area contributed by atoms with Crippen LogP contribution in [0, 0.1) is 3.57 Å². The van der Waals surface area contributed by atoms with Crippen molar-refractivity contribution < 1.29 is 14.7 Å². The highest BCUT2D eigenvalue weighted by atomic mass is 127. The molecule has 0 aliphatic carbocycles. The standard InChI is InChI=1S/C13H17IN2O3S/c1-8(7-20-3)16(2)13(19)15-11-5-4-9(14)6-10(11)12(17)18/h4-6,8H,7H2,1-3H3,(H,15,19)(H,17,18). The Balaban J connectivity index is 2.88. The number of hydrogen-bond acceptors (Lipinski definition) is 3. The van der Waals surface area contributed by atoms with Crippen LogP contribution >= 0.6 is 34.4 Å². The van der Waals surface area contributed by atoms with Gasteiger partial charge in [-0.15, -0.1) is 0 Å². The minimum Gasteiger partial charge on any atom is -0.478 e. The van der Waals surface area contributed by atoms with E-state index in [1.165, 1.54) is 6.07 Å². The number of carbonyl (C=O) groups is 2. The van der Waals surface area contributed by atoms with Gasteiger partial charge in [-0.25, -0.2) is 9.59 Å². The number of amides is 2. The lowest BCUT2D eigenvalue weighted by Crippen LogP contribution is -2.39. The van der Waals surface area contributed by atoms with Gasteiger partial charge in [-0.3, -0.25) is 0 Å². The number of hydrogen-bond donors (Lipinski definition) is 2. The van der Waals surface area contributed by atoms with Crippen LogP contribution in [0.3, 0.4) is 0 Å². The van der Waals surface area contributed by atoms with Crippen LogP contribution in [-0.4, -0.2) is 47.1 Å². The van der Waals surface area contributed by atoms with Gasteiger partial charge in [-0.05, 0) is 54.0 Å². The van der Waals surface area contributed by atoms with Crippen molar-refractivity contribution in [1.29, 1.82) is 0 Å². The van der Waals surface area contributed by atoms with Crippen molar-refractivity contribution in [1.82, 2.24) is 4.90 Å². The molecular formula is C13H17IN2O3S. The predicted molar refractivity (Wildman–Crippen MR) is 90.7 cm³/mol. The monoisotopic (exact) mass is 408 g/mol. The molecule has 1 aromatic carbocycles. The maximum Gasteiger partial charge on any atom is 0.337 e. The van der Waals surface area contributed by atoms with E-state index in [0.717, 1.165) is 9.32 Å². The molecule has 1 unspecified atom stereocenters. The first-order valence-electron chi connectivity index (χ1n) is 5.92. The summed E-state index contributed by atoms with van der Waals surface area (Å²) < 4.78 is 0.808. The van der Waals surface area contributed by atoms with E-state index in [1.807, 2.05) is 35.8 Å². The summed E-state index contributed by atoms with van der Waals surface area (Å²) in [5, 5.41) is 11.8. The number of nitrogens with one attached hydrogen (secondary N) is 1. The second-order valence-corrected chi connectivity index (χ2v) is 6.50. The third kappa shape index (κ3) is 4.55. The smallest absolute Gasteiger partial charge is 0.337 e. The van der Waals surface area contributed by atoms with E-state index in [4.69, 9.17) is 5.11 Å². The number of rotatable bonds is 5. The molecule has 0 bridgehead atoms. The Bertz CT molecular complexity index is 510. The van der Waals surface area contributed by atoms with Crippen LogP contribution in [0.25, 0.3) is 0 Å². The number of halogens is 1. The fourth-order valence-corrected chi connectivity index (χ4v) is 2.76. The van der Waals surface area contributed by atoms with E-state index in [2.05, 4.69) is 5.32 Å². The third-order valence-corrected chi connectivity index (χ3v) is 4.33. The number of carbonyl (C=O) groups excluding carboxylic acids is 1. The second kappa shape index (κ2) is 7.72. The van der Waals surface area contributed by atoms with Gasteiger partial charge in [0.15, 0.2) is 0 Å². The van der Waals surface area contributed by atoms with Crippen LogP contribution in [0.5, 0.6) is 0 Å². The van der Waals surface area contributed by atoms with E-state index >= 15 is 0 Å². The molecule has 110 valence electrons. The van der Waals surface area contributed by atoms with E-state index in [-0.39, 0.29) is 17.6 Å². The van der Waals surface area contributed by atoms with Crippen molar-refractivity contribution >= 4 is 52.0 Å². The molecule has 0 fully saturated rings. The van der Waals surface area contributed by atoms with Gasteiger partial charge < -0.3 is 15.3 Å². The van der Waals surface area contributed by atoms with Crippen LogP contribution in [-0.2, 0) is 0 Å². The van der Waals surface area contributed by atoms with E-state index in [9.17, 15) is 9.59 Å². The van der Waals surface area contributed by atoms with Gasteiger partial charge in [0.25, 0.3) is 0 Å². The fraction of sp³-hybridized carbons (Fsp3) is 0.385. The zero-order chi connectivity index (χ0) is 15.3. The molecular weight excluding hydrogens is 391 g/mol. The maximum absolute atomic E-state index is 12.1. The summed E-state index contributed by atoms with van der Waals surface area (Å²) >= 11 is 3.69. The number of carboxylic acids is 1. The van der Waals surface area contributed by atoms with Crippen molar-refractivity contribution in [3.8, 4) is 0 Å². The van der Waals surface area contributed by atoms with Gasteiger partial charge in [-0.2, -0.15) is 11.8 Å². The highest BCUT2D eigenvalue weighted by molar-refractivity contribution is 14.1. The van der Waals surface area contributed by atoms with Crippen molar-refractivity contribution in [3.05, 3.63) is 27.3 Å². The molecule has 5 nitrogen and oxygen atoms in total. The topological polar surface area (TPSA) is 69.6 Å². The molecule has 2 N–H and O–H groups in total. The van der Waals surface area contributed by atoms with Gasteiger partial charge in [0.05, 0.1) is 11.3 Å². The molecule has 0 heterocycles. The maximum atomic E-state index is 12.1. The summed E-state index contributed by atoms with van der Waals surface area (Å²) in [5.41, 5.74) is 0.405. The lowest BCUT2D eigenvalue weighted by atomic mass is 10.2. The van der Waals surface area contributed by atoms with Gasteiger partial charge in [0, 0.05) is 22.4 Å². The number of anilines is 1. The Morgan fingerprint density at radius 2 is 2.15 bits per heavy atom. The molecule has 0 saturated carbocycles. The van der Waals surface area contributed by atoms with Crippen molar-refractivity contribution in [2.75, 3.05) is 24.4 Å². The Morgan fingerprint density at radius 3 is 2.70 bits per heavy atom. The van der Waals surface area contributed by atoms with Crippen LogP contribution in [0.2, 0.25) is 0 Å². The summed E-state index contributed by atoms with van der Waals surface area (Å²) in [4.78, 5) is 24.9. The molecule has 2 amide bonds. The SMILES string of the molecule is CSCC(C)N(C)C(=O)Nc1ccc(I)cc1C(=O)O. The quantitative estimate of drug-likeness (QED) is 0.735. The van der Waals surface area contributed by atoms with Gasteiger partial charge >= 0.3 is 12.0 Å². The zero-order valence-corrected chi connectivity index (χ0v) is 14.5. The van der Waals surface area contributed by atoms with Gasteiger partial charge in [0.1, 0.15) is 0 Å². The number of urea groups is 1. The molecule has 7 heteroatoms. The van der Waals surface area contributed by atoms with Crippen molar-refractivity contribution in [3.63, 3.8) is 0 Å². The molecule has 0 saturated heterocycles. The van der Waals surface area contributed by atoms with E-state index in [1.54, 1.807) is 35.8 Å². The van der Waals surface area contributed by atoms with Crippen molar-refractivity contribution in [2.45, 2.75) is 13.0 Å². The Labute approximate surface area is 136 Å². The first kappa shape index (κ1) is 17.1. The number of carboxylic acid groups (broad SMARTS) is 1. The molecule has 1 rings (SSSR count). The summed E-state index contributed by atoms with van der Waals surface area (Å²) in [6, 6.07) is 4.66. The summed E-state index contributed by atoms with van der Waals surface area (Å²) in [5.74, 6) is -0.235. The van der Waals surface area contributed by atoms with Crippen LogP contribution in [0.4, 0.5) is 10.5 Å². The van der Waals surface area contributed by atoms with Crippen molar-refractivity contribution in [2.24, 2.45) is 0 Å². The second-order valence-electron chi connectivity index (χ2n) is 4.34. The lowest BCUT2D eigenvalue weighted by Gasteiger charge is -2.25. The minimum absolute atomic E-state index is 0.0714. The van der Waals surface area contributed by atoms with E-state index in [0.29, 0.717) is 5.69 Å². The predicted octanol–water partition coefficient (Wildman–Crippen LogP) is 3.20. The average Bonchev–Trinajstić information content (AvgIpc) is 2.39. The number of aromatic carboxylic acids is 1. The van der Waals surface area contributed by atoms with Crippen LogP contribution in [0.15, 0.2) is 18.2 Å². The number of thioether (sulfide) groups is 1. The van der Waals surface area contributed by atoms with Crippen LogP contribution in [0.1, 0.15) is 17.3 Å². The minimum atomic E-state index is -1.06. The Morgan fingerprint density at radius 1 is 1.50 bits per heavy atom.